The van der Waals surface area contributed by atoms with Crippen molar-refractivity contribution in [2.45, 2.75) is 12.5 Å². The van der Waals surface area contributed by atoms with Gasteiger partial charge in [-0.15, -0.1) is 6.58 Å². The second kappa shape index (κ2) is 4.49. The van der Waals surface area contributed by atoms with Crippen LogP contribution in [0.3, 0.4) is 0 Å². The Kier molecular flexibility index (Phi) is 3.06. The molecule has 1 amide bonds. The van der Waals surface area contributed by atoms with Gasteiger partial charge in [0.15, 0.2) is 0 Å². The normalized spacial score (nSPS) is 20.1. The molecule has 0 bridgehead atoms. The standard InChI is InChI=1S/C13H16N2O/c1-2-8-15-9-7-10-5-3-4-6-11(10)12(15)13(14)16/h2-6,12H,1,7-9H2,(H2,14,16). The molecule has 0 fully saturated rings. The van der Waals surface area contributed by atoms with Crippen molar-refractivity contribution in [1.29, 1.82) is 0 Å². The fraction of sp³-hybridized carbons (Fsp3) is 0.308. The Balaban J connectivity index is 2.39. The van der Waals surface area contributed by atoms with E-state index in [0.29, 0.717) is 6.54 Å². The quantitative estimate of drug-likeness (QED) is 0.773. The van der Waals surface area contributed by atoms with Gasteiger partial charge in [-0.2, -0.15) is 0 Å². The van der Waals surface area contributed by atoms with E-state index in [1.165, 1.54) is 5.56 Å². The zero-order chi connectivity index (χ0) is 11.5. The number of nitrogens with zero attached hydrogens (tertiary/aromatic N) is 1. The van der Waals surface area contributed by atoms with Gasteiger partial charge in [0.2, 0.25) is 5.91 Å². The highest BCUT2D eigenvalue weighted by atomic mass is 16.1. The maximum Gasteiger partial charge on any atom is 0.239 e. The smallest absolute Gasteiger partial charge is 0.239 e. The lowest BCUT2D eigenvalue weighted by atomic mass is 9.92. The van der Waals surface area contributed by atoms with E-state index in [0.717, 1.165) is 18.5 Å². The topological polar surface area (TPSA) is 46.3 Å². The molecule has 3 nitrogen and oxygen atoms in total. The number of rotatable bonds is 3. The minimum absolute atomic E-state index is 0.283. The molecule has 1 unspecified atom stereocenters. The first-order chi connectivity index (χ1) is 7.74. The van der Waals surface area contributed by atoms with Crippen LogP contribution in [0.4, 0.5) is 0 Å². The van der Waals surface area contributed by atoms with E-state index < -0.39 is 0 Å². The van der Waals surface area contributed by atoms with Crippen LogP contribution in [0.25, 0.3) is 0 Å². The molecular weight excluding hydrogens is 200 g/mol. The van der Waals surface area contributed by atoms with Crippen molar-refractivity contribution in [3.63, 3.8) is 0 Å². The Morgan fingerprint density at radius 2 is 2.31 bits per heavy atom. The number of hydrogen-bond acceptors (Lipinski definition) is 2. The summed E-state index contributed by atoms with van der Waals surface area (Å²) in [6, 6.07) is 7.70. The monoisotopic (exact) mass is 216 g/mol. The molecule has 0 saturated carbocycles. The summed E-state index contributed by atoms with van der Waals surface area (Å²) < 4.78 is 0. The van der Waals surface area contributed by atoms with Gasteiger partial charge >= 0.3 is 0 Å². The van der Waals surface area contributed by atoms with E-state index in [1.807, 2.05) is 24.3 Å². The van der Waals surface area contributed by atoms with Crippen LogP contribution in [0.5, 0.6) is 0 Å². The molecule has 0 aliphatic carbocycles. The maximum absolute atomic E-state index is 11.5. The fourth-order valence-electron chi connectivity index (χ4n) is 2.31. The number of benzene rings is 1. The van der Waals surface area contributed by atoms with Crippen LogP contribution in [0, 0.1) is 0 Å². The third-order valence-corrected chi connectivity index (χ3v) is 3.02. The summed E-state index contributed by atoms with van der Waals surface area (Å²) in [6.07, 6.45) is 2.78. The maximum atomic E-state index is 11.5. The summed E-state index contributed by atoms with van der Waals surface area (Å²) in [5.74, 6) is -0.283. The molecule has 16 heavy (non-hydrogen) atoms. The SMILES string of the molecule is C=CCN1CCc2ccccc2C1C(N)=O. The Morgan fingerprint density at radius 1 is 1.56 bits per heavy atom. The van der Waals surface area contributed by atoms with Gasteiger partial charge in [-0.1, -0.05) is 30.3 Å². The van der Waals surface area contributed by atoms with Crippen LogP contribution in [-0.2, 0) is 11.2 Å². The average molecular weight is 216 g/mol. The molecule has 2 N–H and O–H groups in total. The highest BCUT2D eigenvalue weighted by Crippen LogP contribution is 2.28. The van der Waals surface area contributed by atoms with Gasteiger partial charge in [-0.3, -0.25) is 9.69 Å². The van der Waals surface area contributed by atoms with Gasteiger partial charge in [-0.05, 0) is 17.5 Å². The zero-order valence-corrected chi connectivity index (χ0v) is 9.23. The van der Waals surface area contributed by atoms with Crippen molar-refractivity contribution < 1.29 is 4.79 Å². The summed E-state index contributed by atoms with van der Waals surface area (Å²) in [5.41, 5.74) is 7.76. The van der Waals surface area contributed by atoms with Crippen molar-refractivity contribution in [2.24, 2.45) is 5.73 Å². The third-order valence-electron chi connectivity index (χ3n) is 3.02. The van der Waals surface area contributed by atoms with Crippen molar-refractivity contribution in [3.8, 4) is 0 Å². The van der Waals surface area contributed by atoms with Gasteiger partial charge in [0.25, 0.3) is 0 Å². The number of nitrogens with two attached hydrogens (primary N) is 1. The van der Waals surface area contributed by atoms with Crippen molar-refractivity contribution >= 4 is 5.91 Å². The lowest BCUT2D eigenvalue weighted by molar-refractivity contribution is -0.123. The van der Waals surface area contributed by atoms with Gasteiger partial charge in [-0.25, -0.2) is 0 Å². The average Bonchev–Trinajstić information content (AvgIpc) is 2.28. The summed E-state index contributed by atoms with van der Waals surface area (Å²) in [5, 5.41) is 0. The molecule has 1 aliphatic rings. The number of carbonyl (C=O) groups is 1. The number of amides is 1. The molecule has 84 valence electrons. The Bertz CT molecular complexity index is 414. The van der Waals surface area contributed by atoms with Crippen molar-refractivity contribution in [1.82, 2.24) is 4.90 Å². The van der Waals surface area contributed by atoms with Crippen molar-refractivity contribution in [2.75, 3.05) is 13.1 Å². The Hall–Kier alpha value is -1.61. The summed E-state index contributed by atoms with van der Waals surface area (Å²) in [7, 11) is 0. The van der Waals surface area contributed by atoms with E-state index in [2.05, 4.69) is 17.5 Å². The van der Waals surface area contributed by atoms with Crippen LogP contribution in [-0.4, -0.2) is 23.9 Å². The van der Waals surface area contributed by atoms with Gasteiger partial charge in [0, 0.05) is 13.1 Å². The molecule has 0 spiro atoms. The van der Waals surface area contributed by atoms with Crippen LogP contribution in [0.2, 0.25) is 0 Å². The Labute approximate surface area is 95.6 Å². The molecule has 1 heterocycles. The predicted molar refractivity (Wildman–Crippen MR) is 63.9 cm³/mol. The summed E-state index contributed by atoms with van der Waals surface area (Å²) in [4.78, 5) is 13.6. The van der Waals surface area contributed by atoms with Gasteiger partial charge in [0.05, 0.1) is 0 Å². The molecule has 1 aromatic rings. The van der Waals surface area contributed by atoms with E-state index in [-0.39, 0.29) is 11.9 Å². The van der Waals surface area contributed by atoms with Crippen LogP contribution >= 0.6 is 0 Å². The first-order valence-electron chi connectivity index (χ1n) is 5.46. The van der Waals surface area contributed by atoms with E-state index >= 15 is 0 Å². The van der Waals surface area contributed by atoms with Crippen LogP contribution < -0.4 is 5.73 Å². The molecule has 0 radical (unpaired) electrons. The van der Waals surface area contributed by atoms with E-state index in [9.17, 15) is 4.79 Å². The highest BCUT2D eigenvalue weighted by molar-refractivity contribution is 5.82. The van der Waals surface area contributed by atoms with Gasteiger partial charge < -0.3 is 5.73 Å². The molecule has 0 saturated heterocycles. The van der Waals surface area contributed by atoms with Crippen molar-refractivity contribution in [3.05, 3.63) is 48.0 Å². The fourth-order valence-corrected chi connectivity index (χ4v) is 2.31. The number of carbonyl (C=O) groups excluding carboxylic acids is 1. The first-order valence-corrected chi connectivity index (χ1v) is 5.46. The summed E-state index contributed by atoms with van der Waals surface area (Å²) >= 11 is 0. The minimum atomic E-state index is -0.303. The largest absolute Gasteiger partial charge is 0.368 e. The minimum Gasteiger partial charge on any atom is -0.368 e. The van der Waals surface area contributed by atoms with Crippen LogP contribution in [0.1, 0.15) is 17.2 Å². The first kappa shape index (κ1) is 10.9. The summed E-state index contributed by atoms with van der Waals surface area (Å²) in [6.45, 7) is 5.26. The van der Waals surface area contributed by atoms with Gasteiger partial charge in [0.1, 0.15) is 6.04 Å². The Morgan fingerprint density at radius 3 is 3.00 bits per heavy atom. The van der Waals surface area contributed by atoms with E-state index in [4.69, 9.17) is 5.73 Å². The zero-order valence-electron chi connectivity index (χ0n) is 9.23. The molecule has 1 atom stereocenters. The van der Waals surface area contributed by atoms with Crippen LogP contribution in [0.15, 0.2) is 36.9 Å². The second-order valence-corrected chi connectivity index (χ2v) is 4.04. The van der Waals surface area contributed by atoms with E-state index in [1.54, 1.807) is 0 Å². The molecule has 1 aliphatic heterocycles. The highest BCUT2D eigenvalue weighted by Gasteiger charge is 2.30. The lowest BCUT2D eigenvalue weighted by Gasteiger charge is -2.34. The third kappa shape index (κ3) is 1.86. The molecule has 1 aromatic carbocycles. The molecule has 3 heteroatoms. The second-order valence-electron chi connectivity index (χ2n) is 4.04. The number of primary amides is 1. The number of hydrogen-bond donors (Lipinski definition) is 1. The number of fused-ring (bicyclic) bond motifs is 1. The molecular formula is C13H16N2O. The molecule has 0 aromatic heterocycles. The lowest BCUT2D eigenvalue weighted by Crippen LogP contribution is -2.42. The molecule has 2 rings (SSSR count). The predicted octanol–water partition coefficient (Wildman–Crippen LogP) is 1.26.